The van der Waals surface area contributed by atoms with Crippen molar-refractivity contribution >= 4 is 10.9 Å². The third-order valence-corrected chi connectivity index (χ3v) is 4.37. The summed E-state index contributed by atoms with van der Waals surface area (Å²) >= 11 is 0. The number of aromatic nitrogens is 1. The number of pyridine rings is 1. The van der Waals surface area contributed by atoms with E-state index in [1.807, 2.05) is 19.2 Å². The van der Waals surface area contributed by atoms with Crippen LogP contribution in [0.4, 0.5) is 4.39 Å². The van der Waals surface area contributed by atoms with Crippen molar-refractivity contribution in [2.24, 2.45) is 0 Å². The van der Waals surface area contributed by atoms with E-state index in [1.54, 1.807) is 19.4 Å². The van der Waals surface area contributed by atoms with Gasteiger partial charge in [0.05, 0.1) is 12.6 Å². The highest BCUT2D eigenvalue weighted by Crippen LogP contribution is 2.25. The summed E-state index contributed by atoms with van der Waals surface area (Å²) < 4.78 is 19.3. The Morgan fingerprint density at radius 2 is 1.80 bits per heavy atom. The minimum absolute atomic E-state index is 0.222. The van der Waals surface area contributed by atoms with Crippen LogP contribution in [-0.2, 0) is 13.1 Å². The van der Waals surface area contributed by atoms with Crippen molar-refractivity contribution in [3.8, 4) is 5.75 Å². The lowest BCUT2D eigenvalue weighted by Crippen LogP contribution is -2.18. The zero-order valence-electron chi connectivity index (χ0n) is 15.1. The predicted molar refractivity (Wildman–Crippen MR) is 99.3 cm³/mol. The van der Waals surface area contributed by atoms with Crippen LogP contribution in [0.1, 0.15) is 22.3 Å². The fourth-order valence-corrected chi connectivity index (χ4v) is 3.46. The molecule has 0 spiro atoms. The molecule has 2 aromatic carbocycles. The average molecular weight is 338 g/mol. The van der Waals surface area contributed by atoms with Crippen molar-refractivity contribution in [2.45, 2.75) is 26.9 Å². The van der Waals surface area contributed by atoms with E-state index in [2.05, 4.69) is 35.9 Å². The number of hydrogen-bond donors (Lipinski definition) is 0. The second kappa shape index (κ2) is 7.19. The minimum atomic E-state index is -0.222. The topological polar surface area (TPSA) is 25.4 Å². The van der Waals surface area contributed by atoms with Gasteiger partial charge in [0, 0.05) is 24.7 Å². The quantitative estimate of drug-likeness (QED) is 0.678. The maximum Gasteiger partial charge on any atom is 0.124 e. The summed E-state index contributed by atoms with van der Waals surface area (Å²) in [5, 5.41) is 0.835. The van der Waals surface area contributed by atoms with Gasteiger partial charge in [0.1, 0.15) is 11.6 Å². The SMILES string of the molecule is COc1c(C)cc(CN(C)Cc2cc(F)cc3cccnc23)cc1C. The smallest absolute Gasteiger partial charge is 0.124 e. The van der Waals surface area contributed by atoms with Gasteiger partial charge < -0.3 is 4.74 Å². The monoisotopic (exact) mass is 338 g/mol. The number of benzene rings is 2. The van der Waals surface area contributed by atoms with Crippen molar-refractivity contribution in [3.05, 3.63) is 70.7 Å². The standard InChI is InChI=1S/C21H23FN2O/c1-14-8-16(9-15(2)21(14)25-4)12-24(3)13-18-11-19(22)10-17-6-5-7-23-20(17)18/h5-11H,12-13H2,1-4H3. The second-order valence-corrected chi connectivity index (χ2v) is 6.58. The average Bonchev–Trinajstić information content (AvgIpc) is 2.54. The lowest BCUT2D eigenvalue weighted by Gasteiger charge is -2.19. The Kier molecular flexibility index (Phi) is 5.00. The Balaban J connectivity index is 1.83. The first-order chi connectivity index (χ1) is 12.0. The van der Waals surface area contributed by atoms with Crippen LogP contribution in [0.3, 0.4) is 0 Å². The van der Waals surface area contributed by atoms with Gasteiger partial charge in [-0.15, -0.1) is 0 Å². The van der Waals surface area contributed by atoms with Gasteiger partial charge in [0.15, 0.2) is 0 Å². The van der Waals surface area contributed by atoms with Gasteiger partial charge in [-0.1, -0.05) is 18.2 Å². The van der Waals surface area contributed by atoms with E-state index in [0.717, 1.165) is 39.9 Å². The fraction of sp³-hybridized carbons (Fsp3) is 0.286. The van der Waals surface area contributed by atoms with Gasteiger partial charge in [-0.05, 0) is 61.3 Å². The Morgan fingerprint density at radius 1 is 1.08 bits per heavy atom. The van der Waals surface area contributed by atoms with E-state index in [0.29, 0.717) is 6.54 Å². The summed E-state index contributed by atoms with van der Waals surface area (Å²) in [6.45, 7) is 5.52. The van der Waals surface area contributed by atoms with E-state index in [-0.39, 0.29) is 5.82 Å². The number of rotatable bonds is 5. The highest BCUT2D eigenvalue weighted by Gasteiger charge is 2.11. The van der Waals surface area contributed by atoms with Crippen LogP contribution in [0.5, 0.6) is 5.75 Å². The molecule has 0 amide bonds. The fourth-order valence-electron chi connectivity index (χ4n) is 3.46. The molecule has 3 aromatic rings. The maximum atomic E-state index is 13.9. The summed E-state index contributed by atoms with van der Waals surface area (Å²) in [6, 6.07) is 11.1. The molecule has 0 atom stereocenters. The molecule has 3 nitrogen and oxygen atoms in total. The summed E-state index contributed by atoms with van der Waals surface area (Å²) in [5.41, 5.74) is 5.23. The van der Waals surface area contributed by atoms with Crippen molar-refractivity contribution in [3.63, 3.8) is 0 Å². The number of nitrogens with zero attached hydrogens (tertiary/aromatic N) is 2. The largest absolute Gasteiger partial charge is 0.496 e. The molecule has 0 aliphatic rings. The summed E-state index contributed by atoms with van der Waals surface area (Å²) in [5.74, 6) is 0.715. The van der Waals surface area contributed by atoms with E-state index >= 15 is 0 Å². The van der Waals surface area contributed by atoms with Crippen LogP contribution >= 0.6 is 0 Å². The first-order valence-electron chi connectivity index (χ1n) is 8.33. The maximum absolute atomic E-state index is 13.9. The third-order valence-electron chi connectivity index (χ3n) is 4.37. The number of hydrogen-bond acceptors (Lipinski definition) is 3. The van der Waals surface area contributed by atoms with Gasteiger partial charge in [0.2, 0.25) is 0 Å². The first-order valence-corrected chi connectivity index (χ1v) is 8.33. The summed E-state index contributed by atoms with van der Waals surface area (Å²) in [7, 11) is 3.73. The summed E-state index contributed by atoms with van der Waals surface area (Å²) in [4.78, 5) is 6.59. The van der Waals surface area contributed by atoms with Crippen LogP contribution in [0.15, 0.2) is 42.6 Å². The molecule has 0 bridgehead atoms. The molecule has 0 N–H and O–H groups in total. The molecular weight excluding hydrogens is 315 g/mol. The molecule has 0 aliphatic carbocycles. The molecule has 1 heterocycles. The van der Waals surface area contributed by atoms with Crippen LogP contribution in [0.25, 0.3) is 10.9 Å². The number of fused-ring (bicyclic) bond motifs is 1. The molecule has 0 fully saturated rings. The molecule has 0 saturated carbocycles. The van der Waals surface area contributed by atoms with Crippen LogP contribution in [-0.4, -0.2) is 24.0 Å². The molecule has 0 unspecified atom stereocenters. The lowest BCUT2D eigenvalue weighted by molar-refractivity contribution is 0.319. The van der Waals surface area contributed by atoms with Gasteiger partial charge in [-0.25, -0.2) is 4.39 Å². The second-order valence-electron chi connectivity index (χ2n) is 6.58. The van der Waals surface area contributed by atoms with Crippen LogP contribution < -0.4 is 4.74 Å². The number of halogens is 1. The molecule has 0 saturated heterocycles. The van der Waals surface area contributed by atoms with E-state index in [9.17, 15) is 4.39 Å². The van der Waals surface area contributed by atoms with Crippen molar-refractivity contribution in [1.82, 2.24) is 9.88 Å². The lowest BCUT2D eigenvalue weighted by atomic mass is 10.0. The van der Waals surface area contributed by atoms with Crippen molar-refractivity contribution < 1.29 is 9.13 Å². The van der Waals surface area contributed by atoms with Gasteiger partial charge >= 0.3 is 0 Å². The highest BCUT2D eigenvalue weighted by molar-refractivity contribution is 5.81. The Hall–Kier alpha value is -2.46. The van der Waals surface area contributed by atoms with E-state index < -0.39 is 0 Å². The molecule has 25 heavy (non-hydrogen) atoms. The molecule has 3 rings (SSSR count). The highest BCUT2D eigenvalue weighted by atomic mass is 19.1. The Labute approximate surface area is 148 Å². The minimum Gasteiger partial charge on any atom is -0.496 e. The predicted octanol–water partition coefficient (Wildman–Crippen LogP) is 4.63. The van der Waals surface area contributed by atoms with Gasteiger partial charge in [-0.3, -0.25) is 9.88 Å². The number of aryl methyl sites for hydroxylation is 2. The summed E-state index contributed by atoms with van der Waals surface area (Å²) in [6.07, 6.45) is 1.75. The molecular formula is C21H23FN2O. The van der Waals surface area contributed by atoms with Crippen LogP contribution in [0, 0.1) is 19.7 Å². The van der Waals surface area contributed by atoms with Gasteiger partial charge in [-0.2, -0.15) is 0 Å². The molecule has 4 heteroatoms. The molecule has 0 aliphatic heterocycles. The normalized spacial score (nSPS) is 11.3. The number of ether oxygens (including phenoxy) is 1. The van der Waals surface area contributed by atoms with Crippen molar-refractivity contribution in [1.29, 1.82) is 0 Å². The zero-order chi connectivity index (χ0) is 18.0. The number of methoxy groups -OCH3 is 1. The molecule has 130 valence electrons. The molecule has 1 aromatic heterocycles. The first kappa shape index (κ1) is 17.4. The van der Waals surface area contributed by atoms with Crippen molar-refractivity contribution in [2.75, 3.05) is 14.2 Å². The van der Waals surface area contributed by atoms with Crippen LogP contribution in [0.2, 0.25) is 0 Å². The van der Waals surface area contributed by atoms with E-state index in [1.165, 1.54) is 11.6 Å². The zero-order valence-corrected chi connectivity index (χ0v) is 15.1. The molecule has 0 radical (unpaired) electrons. The third kappa shape index (κ3) is 3.80. The van der Waals surface area contributed by atoms with Gasteiger partial charge in [0.25, 0.3) is 0 Å². The van der Waals surface area contributed by atoms with E-state index in [4.69, 9.17) is 4.74 Å². The Morgan fingerprint density at radius 3 is 2.48 bits per heavy atom. The Bertz CT molecular complexity index is 885.